The summed E-state index contributed by atoms with van der Waals surface area (Å²) in [6, 6.07) is 11.0. The molecule has 0 saturated carbocycles. The highest BCUT2D eigenvalue weighted by atomic mass is 15.3. The lowest BCUT2D eigenvalue weighted by molar-refractivity contribution is -0.146. The molecule has 0 bridgehead atoms. The van der Waals surface area contributed by atoms with E-state index in [0.29, 0.717) is 6.04 Å². The molecule has 3 aromatic heterocycles. The lowest BCUT2D eigenvalue weighted by Crippen LogP contribution is -2.73. The summed E-state index contributed by atoms with van der Waals surface area (Å²) < 4.78 is 0. The first kappa shape index (κ1) is 15.4. The predicted molar refractivity (Wildman–Crippen MR) is 105 cm³/mol. The average molecular weight is 361 g/mol. The molecule has 3 N–H and O–H groups in total. The van der Waals surface area contributed by atoms with E-state index >= 15 is 0 Å². The minimum Gasteiger partial charge on any atom is -0.367 e. The van der Waals surface area contributed by atoms with Crippen molar-refractivity contribution in [2.45, 2.75) is 56.8 Å². The minimum atomic E-state index is 0.483. The van der Waals surface area contributed by atoms with Gasteiger partial charge in [0.25, 0.3) is 0 Å². The van der Waals surface area contributed by atoms with Crippen LogP contribution in [-0.2, 0) is 0 Å². The van der Waals surface area contributed by atoms with Crippen LogP contribution in [0.5, 0.6) is 0 Å². The van der Waals surface area contributed by atoms with Gasteiger partial charge in [0, 0.05) is 53.6 Å². The van der Waals surface area contributed by atoms with Crippen LogP contribution in [0.15, 0.2) is 30.5 Å². The second-order valence-electron chi connectivity index (χ2n) is 8.18. The minimum absolute atomic E-state index is 0.483. The Morgan fingerprint density at radius 3 is 2.63 bits per heavy atom. The topological polar surface area (TPSA) is 81.8 Å². The molecule has 3 aromatic rings. The zero-order chi connectivity index (χ0) is 18.0. The molecule has 138 valence electrons. The van der Waals surface area contributed by atoms with Crippen molar-refractivity contribution in [2.24, 2.45) is 0 Å². The van der Waals surface area contributed by atoms with Gasteiger partial charge in [0.2, 0.25) is 0 Å². The molecule has 3 saturated heterocycles. The number of nitrogens with zero attached hydrogens (tertiary/aromatic N) is 4. The molecule has 0 amide bonds. The number of anilines is 3. The molecule has 0 radical (unpaired) electrons. The van der Waals surface area contributed by atoms with Crippen molar-refractivity contribution in [3.63, 3.8) is 0 Å². The molecule has 0 aliphatic carbocycles. The molecule has 3 fully saturated rings. The average Bonchev–Trinajstić information content (AvgIpc) is 3.02. The van der Waals surface area contributed by atoms with Crippen LogP contribution >= 0.6 is 0 Å². The van der Waals surface area contributed by atoms with Crippen molar-refractivity contribution in [2.75, 3.05) is 10.6 Å². The highest BCUT2D eigenvalue weighted by molar-refractivity contribution is 5.91. The van der Waals surface area contributed by atoms with Crippen LogP contribution in [0, 0.1) is 6.92 Å². The summed E-state index contributed by atoms with van der Waals surface area (Å²) in [6.45, 7) is 1.98. The standard InChI is InChI=1S/C20H23N7/c1-11-5-19(26-25-11)23-18-10-17-16(3-2-4-21-17)20(24-18)22-12-6-13-8-15-9-14(7-12)27(13)15/h2-5,10,12-15H,6-9H2,1H3,(H3,22,23,24,25,26)/t12?,13-,14+,15?. The van der Waals surface area contributed by atoms with Gasteiger partial charge in [0.15, 0.2) is 5.82 Å². The van der Waals surface area contributed by atoms with Crippen LogP contribution in [0.1, 0.15) is 31.4 Å². The molecule has 4 atom stereocenters. The largest absolute Gasteiger partial charge is 0.367 e. The molecule has 6 rings (SSSR count). The van der Waals surface area contributed by atoms with Crippen molar-refractivity contribution in [3.8, 4) is 0 Å². The number of hydrogen-bond donors (Lipinski definition) is 3. The molecule has 0 spiro atoms. The molecule has 3 aliphatic rings. The number of pyridine rings is 2. The first-order chi connectivity index (χ1) is 13.2. The number of aromatic nitrogens is 4. The molecule has 27 heavy (non-hydrogen) atoms. The molecule has 7 heteroatoms. The summed E-state index contributed by atoms with van der Waals surface area (Å²) in [4.78, 5) is 12.1. The van der Waals surface area contributed by atoms with Crippen LogP contribution in [0.25, 0.3) is 10.9 Å². The van der Waals surface area contributed by atoms with E-state index < -0.39 is 0 Å². The molecule has 2 unspecified atom stereocenters. The van der Waals surface area contributed by atoms with Crippen molar-refractivity contribution in [3.05, 3.63) is 36.2 Å². The molecule has 3 aliphatic heterocycles. The zero-order valence-corrected chi connectivity index (χ0v) is 15.3. The number of rotatable bonds is 4. The number of fused-ring (bicyclic) bond motifs is 1. The van der Waals surface area contributed by atoms with Gasteiger partial charge in [-0.2, -0.15) is 5.10 Å². The van der Waals surface area contributed by atoms with E-state index in [1.165, 1.54) is 25.7 Å². The van der Waals surface area contributed by atoms with Crippen molar-refractivity contribution < 1.29 is 0 Å². The smallest absolute Gasteiger partial charge is 0.153 e. The highest BCUT2D eigenvalue weighted by Gasteiger charge is 2.54. The van der Waals surface area contributed by atoms with Gasteiger partial charge in [-0.1, -0.05) is 0 Å². The van der Waals surface area contributed by atoms with E-state index in [1.54, 1.807) is 0 Å². The fraction of sp³-hybridized carbons (Fsp3) is 0.450. The molecule has 0 aromatic carbocycles. The summed E-state index contributed by atoms with van der Waals surface area (Å²) in [5.74, 6) is 2.45. The fourth-order valence-corrected chi connectivity index (χ4v) is 5.19. The van der Waals surface area contributed by atoms with E-state index in [-0.39, 0.29) is 0 Å². The van der Waals surface area contributed by atoms with E-state index in [2.05, 4.69) is 36.8 Å². The molecule has 7 nitrogen and oxygen atoms in total. The Morgan fingerprint density at radius 1 is 1.07 bits per heavy atom. The van der Waals surface area contributed by atoms with Crippen LogP contribution in [0.4, 0.5) is 17.5 Å². The van der Waals surface area contributed by atoms with Gasteiger partial charge in [-0.25, -0.2) is 4.98 Å². The molecule has 6 heterocycles. The van der Waals surface area contributed by atoms with Crippen LogP contribution < -0.4 is 10.6 Å². The number of aryl methyl sites for hydroxylation is 1. The lowest BCUT2D eigenvalue weighted by atomic mass is 9.68. The van der Waals surface area contributed by atoms with E-state index in [4.69, 9.17) is 4.98 Å². The van der Waals surface area contributed by atoms with Crippen LogP contribution in [0.3, 0.4) is 0 Å². The number of hydrogen-bond acceptors (Lipinski definition) is 6. The van der Waals surface area contributed by atoms with E-state index in [1.807, 2.05) is 31.3 Å². The zero-order valence-electron chi connectivity index (χ0n) is 15.3. The number of piperidine rings is 2. The summed E-state index contributed by atoms with van der Waals surface area (Å²) in [7, 11) is 0. The third kappa shape index (κ3) is 2.49. The first-order valence-electron chi connectivity index (χ1n) is 9.82. The lowest BCUT2D eigenvalue weighted by Gasteiger charge is -2.66. The SMILES string of the molecule is Cc1cc(Nc2cc3ncccc3c(NC3C[C@@H]4CC5C[C@H](C3)N54)n2)n[nH]1. The first-order valence-corrected chi connectivity index (χ1v) is 9.82. The molecular formula is C20H23N7. The van der Waals surface area contributed by atoms with Gasteiger partial charge >= 0.3 is 0 Å². The predicted octanol–water partition coefficient (Wildman–Crippen LogP) is 3.19. The Kier molecular flexibility index (Phi) is 3.23. The maximum Gasteiger partial charge on any atom is 0.153 e. The summed E-state index contributed by atoms with van der Waals surface area (Å²) in [5, 5.41) is 15.3. The van der Waals surface area contributed by atoms with Gasteiger partial charge in [0.1, 0.15) is 11.6 Å². The van der Waals surface area contributed by atoms with Crippen molar-refractivity contribution in [1.82, 2.24) is 25.1 Å². The Balaban J connectivity index is 1.31. The number of H-pyrrole nitrogens is 1. The normalized spacial score (nSPS) is 28.9. The second-order valence-corrected chi connectivity index (χ2v) is 8.18. The number of nitrogens with one attached hydrogen (secondary N) is 3. The Hall–Kier alpha value is -2.67. The Labute approximate surface area is 157 Å². The van der Waals surface area contributed by atoms with Crippen molar-refractivity contribution in [1.29, 1.82) is 0 Å². The quantitative estimate of drug-likeness (QED) is 0.662. The second kappa shape index (κ2) is 5.66. The third-order valence-corrected chi connectivity index (χ3v) is 6.37. The maximum absolute atomic E-state index is 4.87. The van der Waals surface area contributed by atoms with Gasteiger partial charge in [0.05, 0.1) is 5.52 Å². The van der Waals surface area contributed by atoms with Gasteiger partial charge in [-0.3, -0.25) is 15.0 Å². The fourth-order valence-electron chi connectivity index (χ4n) is 5.19. The Morgan fingerprint density at radius 2 is 1.89 bits per heavy atom. The summed E-state index contributed by atoms with van der Waals surface area (Å²) in [5.41, 5.74) is 1.95. The Bertz CT molecular complexity index is 996. The van der Waals surface area contributed by atoms with E-state index in [9.17, 15) is 0 Å². The summed E-state index contributed by atoms with van der Waals surface area (Å²) in [6.07, 6.45) is 7.02. The monoisotopic (exact) mass is 361 g/mol. The summed E-state index contributed by atoms with van der Waals surface area (Å²) >= 11 is 0. The third-order valence-electron chi connectivity index (χ3n) is 6.37. The van der Waals surface area contributed by atoms with Gasteiger partial charge < -0.3 is 10.6 Å². The van der Waals surface area contributed by atoms with Gasteiger partial charge in [-0.05, 0) is 44.7 Å². The number of aromatic amines is 1. The van der Waals surface area contributed by atoms with E-state index in [0.717, 1.165) is 52.2 Å². The van der Waals surface area contributed by atoms with Crippen LogP contribution in [0.2, 0.25) is 0 Å². The van der Waals surface area contributed by atoms with Crippen LogP contribution in [-0.4, -0.2) is 49.2 Å². The maximum atomic E-state index is 4.87. The molecular weight excluding hydrogens is 338 g/mol. The van der Waals surface area contributed by atoms with Gasteiger partial charge in [-0.15, -0.1) is 0 Å². The highest BCUT2D eigenvalue weighted by Crippen LogP contribution is 2.49. The van der Waals surface area contributed by atoms with Crippen molar-refractivity contribution >= 4 is 28.4 Å².